The first-order chi connectivity index (χ1) is 12.4. The van der Waals surface area contributed by atoms with E-state index in [9.17, 15) is 8.42 Å². The summed E-state index contributed by atoms with van der Waals surface area (Å²) in [5.74, 6) is 6.05. The third kappa shape index (κ3) is 5.00. The Bertz CT molecular complexity index is 795. The Balaban J connectivity index is 0.000000431. The van der Waals surface area contributed by atoms with Crippen LogP contribution in [0.15, 0.2) is 91.0 Å². The highest BCUT2D eigenvalue weighted by atomic mass is 32.2. The quantitative estimate of drug-likeness (QED) is 0.284. The van der Waals surface area contributed by atoms with E-state index in [2.05, 4.69) is 41.8 Å². The highest BCUT2D eigenvalue weighted by molar-refractivity contribution is 7.85. The van der Waals surface area contributed by atoms with E-state index in [1.807, 2.05) is 54.6 Å². The summed E-state index contributed by atoms with van der Waals surface area (Å²) in [6.07, 6.45) is 0.715. The fraction of sp³-hybridized carbons (Fsp3) is 0.100. The van der Waals surface area contributed by atoms with Gasteiger partial charge in [0.1, 0.15) is 5.54 Å². The lowest BCUT2D eigenvalue weighted by atomic mass is 9.77. The van der Waals surface area contributed by atoms with Gasteiger partial charge in [-0.2, -0.15) is 8.42 Å². The zero-order valence-electron chi connectivity index (χ0n) is 14.4. The standard InChI is InChI=1S/C19H18N2.CH4O3S/c20-21-19(16-10-4-1-5-11-16,17-12-6-2-7-13-17)18-14-8-3-9-15-18;1-5(2,3)4/h1-15,21H,20H2;1H3,(H,2,3,4). The predicted molar refractivity (Wildman–Crippen MR) is 104 cm³/mol. The van der Waals surface area contributed by atoms with Crippen LogP contribution in [-0.4, -0.2) is 19.2 Å². The topological polar surface area (TPSA) is 92.4 Å². The van der Waals surface area contributed by atoms with Crippen molar-refractivity contribution in [1.29, 1.82) is 0 Å². The van der Waals surface area contributed by atoms with Crippen LogP contribution in [0.2, 0.25) is 0 Å². The van der Waals surface area contributed by atoms with Gasteiger partial charge in [0.15, 0.2) is 0 Å². The lowest BCUT2D eigenvalue weighted by Crippen LogP contribution is -2.48. The van der Waals surface area contributed by atoms with Crippen LogP contribution in [0.5, 0.6) is 0 Å². The van der Waals surface area contributed by atoms with Crippen molar-refractivity contribution in [2.75, 3.05) is 6.26 Å². The third-order valence-electron chi connectivity index (χ3n) is 3.84. The van der Waals surface area contributed by atoms with Crippen molar-refractivity contribution in [3.8, 4) is 0 Å². The van der Waals surface area contributed by atoms with Gasteiger partial charge in [-0.25, -0.2) is 5.43 Å². The van der Waals surface area contributed by atoms with Crippen molar-refractivity contribution in [2.24, 2.45) is 5.84 Å². The number of hydrogen-bond donors (Lipinski definition) is 3. The highest BCUT2D eigenvalue weighted by Crippen LogP contribution is 2.35. The molecule has 0 aromatic heterocycles. The summed E-state index contributed by atoms with van der Waals surface area (Å²) >= 11 is 0. The molecule has 26 heavy (non-hydrogen) atoms. The van der Waals surface area contributed by atoms with Gasteiger partial charge in [-0.3, -0.25) is 10.4 Å². The Morgan fingerprint density at radius 2 is 0.962 bits per heavy atom. The van der Waals surface area contributed by atoms with Gasteiger partial charge in [0.2, 0.25) is 0 Å². The van der Waals surface area contributed by atoms with E-state index < -0.39 is 15.7 Å². The Labute approximate surface area is 154 Å². The number of nitrogens with two attached hydrogens (primary N) is 1. The van der Waals surface area contributed by atoms with Crippen LogP contribution in [0.1, 0.15) is 16.7 Å². The molecule has 0 aliphatic rings. The number of nitrogens with one attached hydrogen (secondary N) is 1. The molecule has 4 N–H and O–H groups in total. The minimum absolute atomic E-state index is 0.552. The molecule has 0 bridgehead atoms. The van der Waals surface area contributed by atoms with Gasteiger partial charge >= 0.3 is 0 Å². The molecular formula is C20H22N2O3S. The molecule has 3 aromatic carbocycles. The lowest BCUT2D eigenvalue weighted by Gasteiger charge is -2.35. The summed E-state index contributed by atoms with van der Waals surface area (Å²) < 4.78 is 25.9. The Hall–Kier alpha value is -2.51. The van der Waals surface area contributed by atoms with Crippen molar-refractivity contribution in [1.82, 2.24) is 5.43 Å². The smallest absolute Gasteiger partial charge is 0.261 e. The van der Waals surface area contributed by atoms with E-state index in [4.69, 9.17) is 10.4 Å². The number of benzene rings is 3. The average Bonchev–Trinajstić information content (AvgIpc) is 2.64. The molecule has 3 rings (SSSR count). The van der Waals surface area contributed by atoms with Crippen molar-refractivity contribution < 1.29 is 13.0 Å². The number of hydrogen-bond acceptors (Lipinski definition) is 4. The molecule has 0 atom stereocenters. The van der Waals surface area contributed by atoms with Crippen molar-refractivity contribution in [3.05, 3.63) is 108 Å². The Kier molecular flexibility index (Phi) is 6.65. The van der Waals surface area contributed by atoms with Crippen LogP contribution in [0.25, 0.3) is 0 Å². The molecule has 0 aliphatic carbocycles. The molecule has 0 saturated carbocycles. The molecule has 0 heterocycles. The summed E-state index contributed by atoms with van der Waals surface area (Å²) in [7, 11) is -3.67. The number of rotatable bonds is 4. The molecule has 0 fully saturated rings. The number of hydrazine groups is 1. The predicted octanol–water partition coefficient (Wildman–Crippen LogP) is 2.95. The Morgan fingerprint density at radius 1 is 0.731 bits per heavy atom. The molecule has 5 nitrogen and oxygen atoms in total. The second-order valence-electron chi connectivity index (χ2n) is 5.73. The van der Waals surface area contributed by atoms with Gasteiger partial charge in [-0.1, -0.05) is 91.0 Å². The first-order valence-corrected chi connectivity index (χ1v) is 9.79. The summed E-state index contributed by atoms with van der Waals surface area (Å²) in [4.78, 5) is 0. The molecule has 0 amide bonds. The van der Waals surface area contributed by atoms with Crippen LogP contribution in [0.3, 0.4) is 0 Å². The van der Waals surface area contributed by atoms with E-state index in [0.29, 0.717) is 6.26 Å². The molecule has 3 aromatic rings. The van der Waals surface area contributed by atoms with Crippen molar-refractivity contribution in [3.63, 3.8) is 0 Å². The molecule has 0 radical (unpaired) electrons. The molecule has 0 spiro atoms. The summed E-state index contributed by atoms with van der Waals surface area (Å²) in [6.45, 7) is 0. The molecule has 0 unspecified atom stereocenters. The summed E-state index contributed by atoms with van der Waals surface area (Å²) in [6, 6.07) is 30.8. The lowest BCUT2D eigenvalue weighted by molar-refractivity contribution is 0.489. The van der Waals surface area contributed by atoms with Gasteiger partial charge in [-0.05, 0) is 16.7 Å². The van der Waals surface area contributed by atoms with Gasteiger partial charge < -0.3 is 0 Å². The van der Waals surface area contributed by atoms with Crippen LogP contribution in [0, 0.1) is 0 Å². The second kappa shape index (κ2) is 8.73. The van der Waals surface area contributed by atoms with Crippen LogP contribution in [0.4, 0.5) is 0 Å². The second-order valence-corrected chi connectivity index (χ2v) is 7.19. The summed E-state index contributed by atoms with van der Waals surface area (Å²) in [5.41, 5.74) is 5.86. The minimum atomic E-state index is -3.67. The molecule has 136 valence electrons. The zero-order valence-corrected chi connectivity index (χ0v) is 15.2. The maximum absolute atomic E-state index is 9.19. The van der Waals surface area contributed by atoms with Crippen molar-refractivity contribution in [2.45, 2.75) is 5.54 Å². The van der Waals surface area contributed by atoms with E-state index in [0.717, 1.165) is 16.7 Å². The fourth-order valence-electron chi connectivity index (χ4n) is 2.81. The maximum Gasteiger partial charge on any atom is 0.261 e. The minimum Gasteiger partial charge on any atom is -0.286 e. The normalized spacial score (nSPS) is 11.3. The van der Waals surface area contributed by atoms with Crippen LogP contribution >= 0.6 is 0 Å². The first-order valence-electron chi connectivity index (χ1n) is 7.94. The maximum atomic E-state index is 9.19. The van der Waals surface area contributed by atoms with Crippen LogP contribution < -0.4 is 11.3 Å². The molecular weight excluding hydrogens is 348 g/mol. The van der Waals surface area contributed by atoms with Crippen LogP contribution in [-0.2, 0) is 15.7 Å². The van der Waals surface area contributed by atoms with E-state index in [-0.39, 0.29) is 0 Å². The average molecular weight is 370 g/mol. The van der Waals surface area contributed by atoms with Gasteiger partial charge in [0.25, 0.3) is 10.1 Å². The molecule has 0 aliphatic heterocycles. The Morgan fingerprint density at radius 3 is 1.15 bits per heavy atom. The van der Waals surface area contributed by atoms with E-state index in [1.165, 1.54) is 0 Å². The van der Waals surface area contributed by atoms with E-state index >= 15 is 0 Å². The third-order valence-corrected chi connectivity index (χ3v) is 3.84. The monoisotopic (exact) mass is 370 g/mol. The van der Waals surface area contributed by atoms with Gasteiger partial charge in [0, 0.05) is 0 Å². The van der Waals surface area contributed by atoms with Gasteiger partial charge in [-0.15, -0.1) is 0 Å². The van der Waals surface area contributed by atoms with Gasteiger partial charge in [0.05, 0.1) is 6.26 Å². The molecule has 0 saturated heterocycles. The fourth-order valence-corrected chi connectivity index (χ4v) is 2.81. The summed E-state index contributed by atoms with van der Waals surface area (Å²) in [5, 5.41) is 0. The first kappa shape index (κ1) is 19.8. The largest absolute Gasteiger partial charge is 0.286 e. The van der Waals surface area contributed by atoms with E-state index in [1.54, 1.807) is 0 Å². The SMILES string of the molecule is CS(=O)(=O)O.NNC(c1ccccc1)(c1ccccc1)c1ccccc1. The molecule has 6 heteroatoms. The van der Waals surface area contributed by atoms with Crippen molar-refractivity contribution >= 4 is 10.1 Å². The zero-order chi connectivity index (χ0) is 19.0. The highest BCUT2D eigenvalue weighted by Gasteiger charge is 2.34.